The van der Waals surface area contributed by atoms with Gasteiger partial charge in [0, 0.05) is 0 Å². The monoisotopic (exact) mass is 346 g/mol. The fraction of sp³-hybridized carbons (Fsp3) is 0.714. The van der Waals surface area contributed by atoms with Crippen molar-refractivity contribution in [3.63, 3.8) is 0 Å². The predicted molar refractivity (Wildman–Crippen MR) is 96.1 cm³/mol. The van der Waals surface area contributed by atoms with Gasteiger partial charge in [-0.25, -0.2) is 0 Å². The summed E-state index contributed by atoms with van der Waals surface area (Å²) in [6, 6.07) is 0. The van der Waals surface area contributed by atoms with E-state index in [0.717, 1.165) is 25.7 Å². The minimum absolute atomic E-state index is 0.0925. The van der Waals surface area contributed by atoms with Crippen molar-refractivity contribution in [1.29, 1.82) is 0 Å². The summed E-state index contributed by atoms with van der Waals surface area (Å²) in [4.78, 5) is 23.7. The molecule has 1 unspecified atom stereocenters. The molecule has 0 heterocycles. The molecule has 25 heavy (non-hydrogen) atoms. The summed E-state index contributed by atoms with van der Waals surface area (Å²) in [5.41, 5.74) is 1.61. The summed E-state index contributed by atoms with van der Waals surface area (Å²) in [5.74, 6) is -1.10. The lowest BCUT2D eigenvalue weighted by atomic mass is 9.46. The third kappa shape index (κ3) is 2.84. The highest BCUT2D eigenvalue weighted by atomic mass is 16.4. The third-order valence-corrected chi connectivity index (χ3v) is 7.30. The van der Waals surface area contributed by atoms with Crippen LogP contribution in [0, 0.1) is 28.6 Å². The maximum atomic E-state index is 12.2. The molecule has 4 heteroatoms. The summed E-state index contributed by atoms with van der Waals surface area (Å²) in [6.07, 6.45) is 9.40. The number of fused-ring (bicyclic) bond motifs is 3. The third-order valence-electron chi connectivity index (χ3n) is 7.30. The van der Waals surface area contributed by atoms with Gasteiger partial charge in [0.1, 0.15) is 0 Å². The molecule has 1 fully saturated rings. The molecule has 0 aromatic rings. The van der Waals surface area contributed by atoms with Crippen LogP contribution in [0.5, 0.6) is 0 Å². The molecule has 0 aliphatic heterocycles. The van der Waals surface area contributed by atoms with E-state index in [0.29, 0.717) is 24.7 Å². The first kappa shape index (κ1) is 18.2. The lowest BCUT2D eigenvalue weighted by Crippen LogP contribution is -2.55. The summed E-state index contributed by atoms with van der Waals surface area (Å²) in [7, 11) is 0. The average Bonchev–Trinajstić information content (AvgIpc) is 2.53. The van der Waals surface area contributed by atoms with Crippen molar-refractivity contribution in [3.8, 4) is 0 Å². The van der Waals surface area contributed by atoms with Crippen LogP contribution < -0.4 is 0 Å². The molecule has 0 aromatic heterocycles. The van der Waals surface area contributed by atoms with Crippen LogP contribution in [0.25, 0.3) is 0 Å². The molecule has 3 rings (SSSR count). The highest BCUT2D eigenvalue weighted by Crippen LogP contribution is 2.63. The van der Waals surface area contributed by atoms with Gasteiger partial charge >= 0.3 is 11.9 Å². The molecule has 0 aromatic carbocycles. The van der Waals surface area contributed by atoms with Crippen molar-refractivity contribution < 1.29 is 19.8 Å². The van der Waals surface area contributed by atoms with Crippen LogP contribution in [-0.2, 0) is 9.59 Å². The number of rotatable bonds is 4. The number of hydrogen-bond acceptors (Lipinski definition) is 2. The maximum absolute atomic E-state index is 12.2. The Labute approximate surface area is 150 Å². The summed E-state index contributed by atoms with van der Waals surface area (Å²) in [5, 5.41) is 19.4. The lowest BCUT2D eigenvalue weighted by molar-refractivity contribution is -0.171. The highest BCUT2D eigenvalue weighted by molar-refractivity contribution is 5.82. The highest BCUT2D eigenvalue weighted by Gasteiger charge is 2.60. The number of carbonyl (C=O) groups is 2. The standard InChI is InChI=1S/C21H30O4/c1-13(2)14-5-7-16-15(11-14)6-8-17-20(16,3)9-4-10-21(17,19(24)25)12-18(22)23/h6,11,13,16-17H,4-5,7-10,12H2,1-3H3,(H,22,23)(H,24,25)/t16-,17?,20+,21-/m0/s1. The fourth-order valence-corrected chi connectivity index (χ4v) is 5.97. The zero-order valence-corrected chi connectivity index (χ0v) is 15.5. The largest absolute Gasteiger partial charge is 0.481 e. The zero-order chi connectivity index (χ0) is 18.4. The van der Waals surface area contributed by atoms with Gasteiger partial charge in [-0.05, 0) is 60.8 Å². The zero-order valence-electron chi connectivity index (χ0n) is 15.5. The van der Waals surface area contributed by atoms with E-state index in [2.05, 4.69) is 32.9 Å². The van der Waals surface area contributed by atoms with Crippen molar-refractivity contribution in [2.45, 2.75) is 65.7 Å². The van der Waals surface area contributed by atoms with Crippen LogP contribution in [0.15, 0.2) is 23.3 Å². The molecule has 3 aliphatic rings. The smallest absolute Gasteiger partial charge is 0.310 e. The first-order valence-corrected chi connectivity index (χ1v) is 9.56. The Kier molecular flexibility index (Phi) is 4.59. The predicted octanol–water partition coefficient (Wildman–Crippen LogP) is 4.66. The van der Waals surface area contributed by atoms with E-state index in [1.807, 2.05) is 0 Å². The quantitative estimate of drug-likeness (QED) is 0.776. The number of carboxylic acid groups (broad SMARTS) is 2. The molecule has 3 aliphatic carbocycles. The van der Waals surface area contributed by atoms with Crippen LogP contribution in [-0.4, -0.2) is 22.2 Å². The van der Waals surface area contributed by atoms with E-state index >= 15 is 0 Å². The molecule has 1 saturated carbocycles. The van der Waals surface area contributed by atoms with E-state index < -0.39 is 17.4 Å². The maximum Gasteiger partial charge on any atom is 0.310 e. The minimum atomic E-state index is -1.12. The molecule has 4 nitrogen and oxygen atoms in total. The molecule has 0 spiro atoms. The number of allylic oxidation sites excluding steroid dienone is 4. The van der Waals surface area contributed by atoms with Crippen LogP contribution in [0.3, 0.4) is 0 Å². The first-order chi connectivity index (χ1) is 11.7. The normalized spacial score (nSPS) is 37.6. The molecule has 0 saturated heterocycles. The Morgan fingerprint density at radius 3 is 2.60 bits per heavy atom. The number of carboxylic acids is 2. The fourth-order valence-electron chi connectivity index (χ4n) is 5.97. The second-order valence-corrected chi connectivity index (χ2v) is 8.85. The van der Waals surface area contributed by atoms with Crippen LogP contribution >= 0.6 is 0 Å². The Hall–Kier alpha value is -1.58. The van der Waals surface area contributed by atoms with Gasteiger partial charge in [0.2, 0.25) is 0 Å². The summed E-state index contributed by atoms with van der Waals surface area (Å²) < 4.78 is 0. The second kappa shape index (κ2) is 6.30. The van der Waals surface area contributed by atoms with E-state index in [1.165, 1.54) is 11.1 Å². The average molecular weight is 346 g/mol. The van der Waals surface area contributed by atoms with Crippen molar-refractivity contribution >= 4 is 11.9 Å². The number of aliphatic carboxylic acids is 2. The van der Waals surface area contributed by atoms with Gasteiger partial charge < -0.3 is 10.2 Å². The van der Waals surface area contributed by atoms with Crippen LogP contribution in [0.2, 0.25) is 0 Å². The Bertz CT molecular complexity index is 644. The van der Waals surface area contributed by atoms with Gasteiger partial charge in [0.25, 0.3) is 0 Å². The Morgan fingerprint density at radius 2 is 2.00 bits per heavy atom. The molecular formula is C21H30O4. The van der Waals surface area contributed by atoms with Gasteiger partial charge in [-0.3, -0.25) is 9.59 Å². The van der Waals surface area contributed by atoms with Crippen LogP contribution in [0.1, 0.15) is 65.7 Å². The van der Waals surface area contributed by atoms with Gasteiger partial charge in [-0.1, -0.05) is 44.9 Å². The molecule has 0 radical (unpaired) electrons. The van der Waals surface area contributed by atoms with Gasteiger partial charge in [-0.15, -0.1) is 0 Å². The van der Waals surface area contributed by atoms with Gasteiger partial charge in [0.05, 0.1) is 11.8 Å². The lowest BCUT2D eigenvalue weighted by Gasteiger charge is -2.57. The molecule has 4 atom stereocenters. The van der Waals surface area contributed by atoms with Crippen molar-refractivity contribution in [3.05, 3.63) is 23.3 Å². The van der Waals surface area contributed by atoms with E-state index in [1.54, 1.807) is 0 Å². The summed E-state index contributed by atoms with van der Waals surface area (Å²) in [6.45, 7) is 6.67. The Balaban J connectivity index is 2.03. The van der Waals surface area contributed by atoms with E-state index in [9.17, 15) is 19.8 Å². The molecule has 138 valence electrons. The molecule has 0 bridgehead atoms. The first-order valence-electron chi connectivity index (χ1n) is 9.56. The van der Waals surface area contributed by atoms with Crippen molar-refractivity contribution in [2.24, 2.45) is 28.6 Å². The second-order valence-electron chi connectivity index (χ2n) is 8.85. The van der Waals surface area contributed by atoms with E-state index in [4.69, 9.17) is 0 Å². The Morgan fingerprint density at radius 1 is 1.28 bits per heavy atom. The van der Waals surface area contributed by atoms with Gasteiger partial charge in [-0.2, -0.15) is 0 Å². The SMILES string of the molecule is CC(C)C1=CC2=CCC3[C@](CC(=O)O)(C(=O)O)CCC[C@]3(C)[C@H]2CC1. The van der Waals surface area contributed by atoms with Gasteiger partial charge in [0.15, 0.2) is 0 Å². The molecule has 2 N–H and O–H groups in total. The van der Waals surface area contributed by atoms with E-state index in [-0.39, 0.29) is 17.8 Å². The van der Waals surface area contributed by atoms with Crippen molar-refractivity contribution in [1.82, 2.24) is 0 Å². The van der Waals surface area contributed by atoms with Crippen molar-refractivity contribution in [2.75, 3.05) is 0 Å². The summed E-state index contributed by atoms with van der Waals surface area (Å²) >= 11 is 0. The van der Waals surface area contributed by atoms with Crippen LogP contribution in [0.4, 0.5) is 0 Å². The molecule has 0 amide bonds. The number of hydrogen-bond donors (Lipinski definition) is 2. The minimum Gasteiger partial charge on any atom is -0.481 e. The topological polar surface area (TPSA) is 74.6 Å². The molecular weight excluding hydrogens is 316 g/mol.